The fourth-order valence-electron chi connectivity index (χ4n) is 3.90. The molecule has 8 heteroatoms. The summed E-state index contributed by atoms with van der Waals surface area (Å²) < 4.78 is 10.3. The van der Waals surface area contributed by atoms with Gasteiger partial charge in [0.25, 0.3) is 0 Å². The van der Waals surface area contributed by atoms with Gasteiger partial charge in [0.1, 0.15) is 5.75 Å². The largest absolute Gasteiger partial charge is 0.496 e. The Labute approximate surface area is 200 Å². The molecule has 32 heavy (non-hydrogen) atoms. The lowest BCUT2D eigenvalue weighted by atomic mass is 9.91. The summed E-state index contributed by atoms with van der Waals surface area (Å²) in [6, 6.07) is 15.3. The van der Waals surface area contributed by atoms with E-state index < -0.39 is 11.9 Å². The Balaban J connectivity index is 1.81. The fraction of sp³-hybridized carbons (Fsp3) is 0.167. The van der Waals surface area contributed by atoms with Gasteiger partial charge in [0.15, 0.2) is 0 Å². The molecule has 0 saturated carbocycles. The van der Waals surface area contributed by atoms with Crippen molar-refractivity contribution in [2.75, 3.05) is 19.1 Å². The normalized spacial score (nSPS) is 15.0. The van der Waals surface area contributed by atoms with Gasteiger partial charge in [-0.3, -0.25) is 4.79 Å². The molecule has 1 unspecified atom stereocenters. The number of methoxy groups -OCH3 is 2. The van der Waals surface area contributed by atoms with Gasteiger partial charge in [-0.2, -0.15) is 0 Å². The molecule has 1 atom stereocenters. The number of ether oxygens (including phenoxy) is 2. The first-order chi connectivity index (χ1) is 15.3. The van der Waals surface area contributed by atoms with Gasteiger partial charge in [0.05, 0.1) is 32.2 Å². The summed E-state index contributed by atoms with van der Waals surface area (Å²) >= 11 is 18.8. The zero-order valence-electron chi connectivity index (χ0n) is 17.2. The molecule has 5 nitrogen and oxygen atoms in total. The number of hydrogen-bond donors (Lipinski definition) is 0. The summed E-state index contributed by atoms with van der Waals surface area (Å²) in [6.45, 7) is 0.263. The molecule has 1 aliphatic rings. The first-order valence-electron chi connectivity index (χ1n) is 9.65. The third kappa shape index (κ3) is 4.04. The van der Waals surface area contributed by atoms with Crippen LogP contribution in [0.2, 0.25) is 15.1 Å². The van der Waals surface area contributed by atoms with Crippen molar-refractivity contribution in [3.8, 4) is 5.75 Å². The molecule has 1 heterocycles. The van der Waals surface area contributed by atoms with Crippen molar-refractivity contribution in [3.05, 3.63) is 91.9 Å². The van der Waals surface area contributed by atoms with Crippen molar-refractivity contribution in [1.29, 1.82) is 0 Å². The van der Waals surface area contributed by atoms with Crippen LogP contribution in [-0.2, 0) is 16.1 Å². The number of esters is 1. The van der Waals surface area contributed by atoms with E-state index in [1.54, 1.807) is 60.5 Å². The zero-order chi connectivity index (χ0) is 23.0. The fourth-order valence-corrected chi connectivity index (χ4v) is 4.47. The van der Waals surface area contributed by atoms with Crippen molar-refractivity contribution in [3.63, 3.8) is 0 Å². The van der Waals surface area contributed by atoms with Crippen molar-refractivity contribution in [2.45, 2.75) is 12.5 Å². The number of halogens is 3. The van der Waals surface area contributed by atoms with Crippen molar-refractivity contribution < 1.29 is 19.1 Å². The van der Waals surface area contributed by atoms with Crippen LogP contribution in [0.15, 0.2) is 54.6 Å². The van der Waals surface area contributed by atoms with E-state index in [-0.39, 0.29) is 12.5 Å². The third-order valence-electron chi connectivity index (χ3n) is 5.41. The lowest BCUT2D eigenvalue weighted by Crippen LogP contribution is -2.29. The van der Waals surface area contributed by atoms with Crippen molar-refractivity contribution in [1.82, 2.24) is 0 Å². The van der Waals surface area contributed by atoms with E-state index in [1.165, 1.54) is 7.11 Å². The highest BCUT2D eigenvalue weighted by Gasteiger charge is 2.40. The molecule has 0 bridgehead atoms. The third-order valence-corrected chi connectivity index (χ3v) is 6.22. The van der Waals surface area contributed by atoms with Gasteiger partial charge < -0.3 is 14.4 Å². The SMILES string of the molecule is COC(=O)c1ccc(Cl)c(C2C(=O)N(Cc3ccc(Cl)cc3OC)c3ccc(Cl)cc32)c1. The van der Waals surface area contributed by atoms with Crippen molar-refractivity contribution >= 4 is 52.4 Å². The minimum atomic E-state index is -0.723. The molecule has 4 rings (SSSR count). The smallest absolute Gasteiger partial charge is 0.337 e. The van der Waals surface area contributed by atoms with Crippen LogP contribution in [0.4, 0.5) is 5.69 Å². The first kappa shape index (κ1) is 22.5. The number of carbonyl (C=O) groups excluding carboxylic acids is 2. The van der Waals surface area contributed by atoms with E-state index in [0.717, 1.165) is 5.56 Å². The Morgan fingerprint density at radius 1 is 0.938 bits per heavy atom. The second-order valence-electron chi connectivity index (χ2n) is 7.24. The zero-order valence-corrected chi connectivity index (χ0v) is 19.5. The molecule has 0 aromatic heterocycles. The minimum absolute atomic E-state index is 0.191. The molecule has 164 valence electrons. The summed E-state index contributed by atoms with van der Waals surface area (Å²) in [5.41, 5.74) is 3.02. The molecular weight excluding hydrogens is 473 g/mol. The summed E-state index contributed by atoms with van der Waals surface area (Å²) in [5, 5.41) is 1.40. The summed E-state index contributed by atoms with van der Waals surface area (Å²) in [5.74, 6) is -0.847. The van der Waals surface area contributed by atoms with E-state index in [2.05, 4.69) is 0 Å². The topological polar surface area (TPSA) is 55.8 Å². The van der Waals surface area contributed by atoms with Crippen LogP contribution in [-0.4, -0.2) is 26.1 Å². The molecule has 0 spiro atoms. The number of carbonyl (C=O) groups is 2. The standard InChI is InChI=1S/C24H18Cl3NO4/c1-31-21-11-16(26)5-3-14(21)12-28-20-8-6-15(25)10-18(20)22(23(28)29)17-9-13(24(30)32-2)4-7-19(17)27/h3-11,22H,12H2,1-2H3. The quantitative estimate of drug-likeness (QED) is 0.404. The predicted octanol–water partition coefficient (Wildman–Crippen LogP) is 6.12. The molecule has 3 aromatic carbocycles. The molecule has 0 radical (unpaired) electrons. The molecule has 1 aliphatic heterocycles. The van der Waals surface area contributed by atoms with Crippen LogP contribution in [0.3, 0.4) is 0 Å². The van der Waals surface area contributed by atoms with Crippen LogP contribution in [0.1, 0.15) is 33.0 Å². The van der Waals surface area contributed by atoms with Crippen LogP contribution < -0.4 is 9.64 Å². The Morgan fingerprint density at radius 2 is 1.66 bits per heavy atom. The van der Waals surface area contributed by atoms with Crippen LogP contribution in [0.25, 0.3) is 0 Å². The number of nitrogens with zero attached hydrogens (tertiary/aromatic N) is 1. The van der Waals surface area contributed by atoms with E-state index in [4.69, 9.17) is 44.3 Å². The summed E-state index contributed by atoms with van der Waals surface area (Å²) in [6.07, 6.45) is 0. The summed E-state index contributed by atoms with van der Waals surface area (Å²) in [4.78, 5) is 27.4. The van der Waals surface area contributed by atoms with Crippen LogP contribution in [0.5, 0.6) is 5.75 Å². The number of benzene rings is 3. The lowest BCUT2D eigenvalue weighted by molar-refractivity contribution is -0.118. The maximum atomic E-state index is 13.7. The monoisotopic (exact) mass is 489 g/mol. The summed E-state index contributed by atoms with van der Waals surface area (Å²) in [7, 11) is 2.85. The highest BCUT2D eigenvalue weighted by molar-refractivity contribution is 6.32. The molecule has 1 amide bonds. The Bertz CT molecular complexity index is 1230. The molecule has 0 N–H and O–H groups in total. The Morgan fingerprint density at radius 3 is 2.38 bits per heavy atom. The predicted molar refractivity (Wildman–Crippen MR) is 125 cm³/mol. The molecular formula is C24H18Cl3NO4. The van der Waals surface area contributed by atoms with E-state index in [0.29, 0.717) is 43.2 Å². The van der Waals surface area contributed by atoms with Gasteiger partial charge in [-0.15, -0.1) is 0 Å². The van der Waals surface area contributed by atoms with E-state index in [1.807, 2.05) is 6.07 Å². The van der Waals surface area contributed by atoms with Crippen molar-refractivity contribution in [2.24, 2.45) is 0 Å². The highest BCUT2D eigenvalue weighted by atomic mass is 35.5. The number of amides is 1. The molecule has 0 aliphatic carbocycles. The van der Waals surface area contributed by atoms with E-state index >= 15 is 0 Å². The average molecular weight is 491 g/mol. The van der Waals surface area contributed by atoms with Gasteiger partial charge in [-0.1, -0.05) is 40.9 Å². The number of rotatable bonds is 5. The van der Waals surface area contributed by atoms with Gasteiger partial charge in [-0.25, -0.2) is 4.79 Å². The second-order valence-corrected chi connectivity index (χ2v) is 8.52. The number of hydrogen-bond acceptors (Lipinski definition) is 4. The average Bonchev–Trinajstić information content (AvgIpc) is 3.05. The van der Waals surface area contributed by atoms with Gasteiger partial charge in [-0.05, 0) is 59.7 Å². The van der Waals surface area contributed by atoms with Gasteiger partial charge in [0.2, 0.25) is 5.91 Å². The van der Waals surface area contributed by atoms with Crippen LogP contribution >= 0.6 is 34.8 Å². The molecule has 0 fully saturated rings. The van der Waals surface area contributed by atoms with Gasteiger partial charge in [0, 0.05) is 26.3 Å². The molecule has 0 saturated heterocycles. The highest BCUT2D eigenvalue weighted by Crippen LogP contribution is 2.45. The first-order valence-corrected chi connectivity index (χ1v) is 10.8. The maximum Gasteiger partial charge on any atom is 0.337 e. The van der Waals surface area contributed by atoms with E-state index in [9.17, 15) is 9.59 Å². The van der Waals surface area contributed by atoms with Crippen LogP contribution in [0, 0.1) is 0 Å². The van der Waals surface area contributed by atoms with Gasteiger partial charge >= 0.3 is 5.97 Å². The Hall–Kier alpha value is -2.73. The maximum absolute atomic E-state index is 13.7. The minimum Gasteiger partial charge on any atom is -0.496 e. The number of anilines is 1. The Kier molecular flexibility index (Phi) is 6.33. The molecule has 3 aromatic rings. The second kappa shape index (κ2) is 9.02. The lowest BCUT2D eigenvalue weighted by Gasteiger charge is -2.20. The number of fused-ring (bicyclic) bond motifs is 1.